The van der Waals surface area contributed by atoms with Crippen LogP contribution < -0.4 is 10.6 Å². The first-order valence-electron chi connectivity index (χ1n) is 8.07. The molecule has 0 fully saturated rings. The second-order valence-corrected chi connectivity index (χ2v) is 6.04. The van der Waals surface area contributed by atoms with E-state index in [4.69, 9.17) is 0 Å². The molecule has 0 saturated carbocycles. The van der Waals surface area contributed by atoms with Gasteiger partial charge < -0.3 is 10.6 Å². The van der Waals surface area contributed by atoms with Crippen molar-refractivity contribution in [2.24, 2.45) is 0 Å². The molecular weight excluding hydrogens is 329 g/mol. The molecule has 0 unspecified atom stereocenters. The van der Waals surface area contributed by atoms with Gasteiger partial charge in [0.25, 0.3) is 5.92 Å². The highest BCUT2D eigenvalue weighted by molar-refractivity contribution is 5.59. The molecule has 25 heavy (non-hydrogen) atoms. The molecule has 0 spiro atoms. The van der Waals surface area contributed by atoms with Gasteiger partial charge in [-0.15, -0.1) is 0 Å². The van der Waals surface area contributed by atoms with Gasteiger partial charge in [0.15, 0.2) is 0 Å². The molecule has 1 aliphatic heterocycles. The Hall–Kier alpha value is -2.57. The van der Waals surface area contributed by atoms with Crippen LogP contribution in [-0.2, 0) is 5.92 Å². The highest BCUT2D eigenvalue weighted by Gasteiger charge is 2.42. The Bertz CT molecular complexity index is 833. The third-order valence-electron chi connectivity index (χ3n) is 4.42. The summed E-state index contributed by atoms with van der Waals surface area (Å²) in [5.41, 5.74) is 0.868. The molecular formula is C18H19F3N4. The molecule has 3 rings (SSSR count). The van der Waals surface area contributed by atoms with Gasteiger partial charge >= 0.3 is 0 Å². The maximum absolute atomic E-state index is 14.8. The zero-order valence-corrected chi connectivity index (χ0v) is 14.2. The van der Waals surface area contributed by atoms with Gasteiger partial charge in [0.2, 0.25) is 5.95 Å². The number of nitrogens with zero attached hydrogens (tertiary/aromatic N) is 2. The first-order chi connectivity index (χ1) is 11.8. The highest BCUT2D eigenvalue weighted by atomic mass is 19.3. The van der Waals surface area contributed by atoms with E-state index < -0.39 is 11.7 Å². The third kappa shape index (κ3) is 3.18. The average Bonchev–Trinajstić information content (AvgIpc) is 2.61. The largest absolute Gasteiger partial charge is 0.363 e. The molecule has 2 N–H and O–H groups in total. The minimum absolute atomic E-state index is 0.0307. The summed E-state index contributed by atoms with van der Waals surface area (Å²) in [7, 11) is 0. The standard InChI is InChI=1S/C18H19F3N4/c1-4-14-10(2)18(20,21)15-9-22-17(25-16(15)23-11(14)3)24-13-7-5-6-12(19)8-13/h5-9,11H,4H2,1-3H3,(H2,22,23,24,25)/t11-/m0/s1. The minimum atomic E-state index is -3.14. The summed E-state index contributed by atoms with van der Waals surface area (Å²) in [6.45, 7) is 5.13. The first-order valence-corrected chi connectivity index (χ1v) is 8.07. The normalized spacial score (nSPS) is 19.0. The molecule has 1 aliphatic rings. The van der Waals surface area contributed by atoms with E-state index in [0.29, 0.717) is 17.7 Å². The van der Waals surface area contributed by atoms with E-state index in [2.05, 4.69) is 20.6 Å². The van der Waals surface area contributed by atoms with Crippen molar-refractivity contribution in [3.05, 3.63) is 53.0 Å². The lowest BCUT2D eigenvalue weighted by molar-refractivity contribution is 0.0373. The van der Waals surface area contributed by atoms with Gasteiger partial charge in [0, 0.05) is 23.5 Å². The van der Waals surface area contributed by atoms with E-state index in [1.807, 2.05) is 13.8 Å². The first kappa shape index (κ1) is 17.3. The number of anilines is 3. The average molecular weight is 348 g/mol. The summed E-state index contributed by atoms with van der Waals surface area (Å²) in [5, 5.41) is 5.88. The zero-order valence-electron chi connectivity index (χ0n) is 14.2. The summed E-state index contributed by atoms with van der Waals surface area (Å²) < 4.78 is 42.9. The molecule has 1 aromatic heterocycles. The summed E-state index contributed by atoms with van der Waals surface area (Å²) in [6, 6.07) is 5.50. The Balaban J connectivity index is 2.00. The van der Waals surface area contributed by atoms with E-state index in [9.17, 15) is 13.2 Å². The molecule has 1 aromatic carbocycles. The molecule has 0 amide bonds. The van der Waals surface area contributed by atoms with Crippen LogP contribution in [0.2, 0.25) is 0 Å². The smallest absolute Gasteiger partial charge is 0.299 e. The summed E-state index contributed by atoms with van der Waals surface area (Å²) in [6.07, 6.45) is 1.64. The van der Waals surface area contributed by atoms with E-state index in [0.717, 1.165) is 6.20 Å². The number of hydrogen-bond donors (Lipinski definition) is 2. The lowest BCUT2D eigenvalue weighted by Crippen LogP contribution is -2.19. The molecule has 0 radical (unpaired) electrons. The van der Waals surface area contributed by atoms with Gasteiger partial charge in [-0.1, -0.05) is 13.0 Å². The Kier molecular flexibility index (Phi) is 4.41. The van der Waals surface area contributed by atoms with Crippen LogP contribution in [0.3, 0.4) is 0 Å². The second kappa shape index (κ2) is 6.38. The zero-order chi connectivity index (χ0) is 18.2. The Labute approximate surface area is 144 Å². The van der Waals surface area contributed by atoms with Crippen molar-refractivity contribution < 1.29 is 13.2 Å². The van der Waals surface area contributed by atoms with Gasteiger partial charge in [-0.2, -0.15) is 13.8 Å². The van der Waals surface area contributed by atoms with Crippen LogP contribution in [0.15, 0.2) is 41.6 Å². The van der Waals surface area contributed by atoms with Gasteiger partial charge in [-0.05, 0) is 44.0 Å². The van der Waals surface area contributed by atoms with Crippen molar-refractivity contribution in [3.8, 4) is 0 Å². The maximum Gasteiger partial charge on any atom is 0.299 e. The fraction of sp³-hybridized carbons (Fsp3) is 0.333. The molecule has 1 atom stereocenters. The second-order valence-electron chi connectivity index (χ2n) is 6.04. The van der Waals surface area contributed by atoms with Gasteiger partial charge in [-0.25, -0.2) is 9.37 Å². The number of allylic oxidation sites excluding steroid dienone is 1. The van der Waals surface area contributed by atoms with Gasteiger partial charge in [0.05, 0.1) is 5.56 Å². The Morgan fingerprint density at radius 1 is 1.32 bits per heavy atom. The number of hydrogen-bond acceptors (Lipinski definition) is 4. The quantitative estimate of drug-likeness (QED) is 0.767. The fourth-order valence-corrected chi connectivity index (χ4v) is 3.07. The lowest BCUT2D eigenvalue weighted by Gasteiger charge is -2.19. The molecule has 0 saturated heterocycles. The van der Waals surface area contributed by atoms with E-state index in [-0.39, 0.29) is 28.9 Å². The number of rotatable bonds is 3. The van der Waals surface area contributed by atoms with E-state index in [1.54, 1.807) is 6.07 Å². The van der Waals surface area contributed by atoms with Gasteiger partial charge in [-0.3, -0.25) is 0 Å². The van der Waals surface area contributed by atoms with E-state index in [1.165, 1.54) is 25.1 Å². The van der Waals surface area contributed by atoms with Crippen molar-refractivity contribution in [2.75, 3.05) is 10.6 Å². The highest BCUT2D eigenvalue weighted by Crippen LogP contribution is 2.44. The van der Waals surface area contributed by atoms with Crippen molar-refractivity contribution in [1.29, 1.82) is 0 Å². The van der Waals surface area contributed by atoms with Crippen molar-refractivity contribution in [1.82, 2.24) is 9.97 Å². The topological polar surface area (TPSA) is 49.8 Å². The van der Waals surface area contributed by atoms with Crippen LogP contribution in [0, 0.1) is 5.82 Å². The number of benzene rings is 1. The van der Waals surface area contributed by atoms with Crippen molar-refractivity contribution in [3.63, 3.8) is 0 Å². The summed E-state index contributed by atoms with van der Waals surface area (Å²) in [4.78, 5) is 8.16. The predicted molar refractivity (Wildman–Crippen MR) is 91.7 cm³/mol. The molecule has 0 aliphatic carbocycles. The van der Waals surface area contributed by atoms with Crippen LogP contribution in [0.5, 0.6) is 0 Å². The molecule has 0 bridgehead atoms. The summed E-state index contributed by atoms with van der Waals surface area (Å²) in [5.74, 6) is -3.35. The molecule has 2 aromatic rings. The molecule has 4 nitrogen and oxygen atoms in total. The Morgan fingerprint density at radius 3 is 2.76 bits per heavy atom. The fourth-order valence-electron chi connectivity index (χ4n) is 3.07. The van der Waals surface area contributed by atoms with Crippen molar-refractivity contribution >= 4 is 17.5 Å². The predicted octanol–water partition coefficient (Wildman–Crippen LogP) is 4.99. The number of alkyl halides is 2. The number of aromatic nitrogens is 2. The van der Waals surface area contributed by atoms with Crippen LogP contribution in [0.25, 0.3) is 0 Å². The monoisotopic (exact) mass is 348 g/mol. The number of fused-ring (bicyclic) bond motifs is 1. The molecule has 7 heteroatoms. The summed E-state index contributed by atoms with van der Waals surface area (Å²) >= 11 is 0. The molecule has 2 heterocycles. The van der Waals surface area contributed by atoms with Crippen LogP contribution in [0.4, 0.5) is 30.6 Å². The van der Waals surface area contributed by atoms with Gasteiger partial charge in [0.1, 0.15) is 11.6 Å². The van der Waals surface area contributed by atoms with Crippen LogP contribution >= 0.6 is 0 Å². The van der Waals surface area contributed by atoms with E-state index >= 15 is 0 Å². The van der Waals surface area contributed by atoms with Crippen LogP contribution in [0.1, 0.15) is 32.8 Å². The minimum Gasteiger partial charge on any atom is -0.363 e. The Morgan fingerprint density at radius 2 is 2.08 bits per heavy atom. The number of halogens is 3. The third-order valence-corrected chi connectivity index (χ3v) is 4.42. The van der Waals surface area contributed by atoms with Crippen LogP contribution in [-0.4, -0.2) is 16.0 Å². The van der Waals surface area contributed by atoms with Crippen molar-refractivity contribution in [2.45, 2.75) is 39.2 Å². The molecule has 132 valence electrons. The SMILES string of the molecule is CCC1=C(C)C(F)(F)c2cnc(Nc3cccc(F)c3)nc2N[C@H]1C. The maximum atomic E-state index is 14.8. The lowest BCUT2D eigenvalue weighted by atomic mass is 9.95. The number of nitrogens with one attached hydrogen (secondary N) is 2.